The van der Waals surface area contributed by atoms with Crippen molar-refractivity contribution < 1.29 is 34.4 Å². The second-order valence-electron chi connectivity index (χ2n) is 2.11. The number of aliphatic hydroxyl groups excluding tert-OH is 1. The van der Waals surface area contributed by atoms with Crippen LogP contribution in [0.4, 0.5) is 0 Å². The van der Waals surface area contributed by atoms with Gasteiger partial charge >= 0.3 is 17.9 Å². The summed E-state index contributed by atoms with van der Waals surface area (Å²) in [5, 5.41) is 23.7. The Bertz CT molecular complexity index is 264. The summed E-state index contributed by atoms with van der Waals surface area (Å²) in [6, 6.07) is 0. The Kier molecular flexibility index (Phi) is 11.1. The summed E-state index contributed by atoms with van der Waals surface area (Å²) < 4.78 is 4.33. The van der Waals surface area contributed by atoms with Crippen molar-refractivity contribution in [2.45, 2.75) is 0 Å². The van der Waals surface area contributed by atoms with Crippen LogP contribution in [0.5, 0.6) is 0 Å². The summed E-state index contributed by atoms with van der Waals surface area (Å²) in [5.74, 6) is -3.01. The number of ether oxygens (including phenoxy) is 1. The first-order valence-electron chi connectivity index (χ1n) is 3.98. The third kappa shape index (κ3) is 17.8. The van der Waals surface area contributed by atoms with E-state index in [0.29, 0.717) is 12.2 Å². The largest absolute Gasteiger partial charge is 0.478 e. The minimum absolute atomic E-state index is 0.0465. The van der Waals surface area contributed by atoms with Gasteiger partial charge in [0.15, 0.2) is 0 Å². The van der Waals surface area contributed by atoms with E-state index in [2.05, 4.69) is 11.3 Å². The van der Waals surface area contributed by atoms with Crippen molar-refractivity contribution >= 4 is 17.9 Å². The molecule has 0 saturated heterocycles. The Morgan fingerprint density at radius 2 is 1.56 bits per heavy atom. The average Bonchev–Trinajstić information content (AvgIpc) is 2.23. The predicted octanol–water partition coefficient (Wildman–Crippen LogP) is -0.580. The summed E-state index contributed by atoms with van der Waals surface area (Å²) in [4.78, 5) is 29.2. The van der Waals surface area contributed by atoms with Crippen LogP contribution in [-0.4, -0.2) is 46.4 Å². The highest BCUT2D eigenvalue weighted by Crippen LogP contribution is 1.75. The van der Waals surface area contributed by atoms with Crippen molar-refractivity contribution in [3.63, 3.8) is 0 Å². The van der Waals surface area contributed by atoms with Crippen molar-refractivity contribution in [1.82, 2.24) is 0 Å². The highest BCUT2D eigenvalue weighted by Gasteiger charge is 1.90. The van der Waals surface area contributed by atoms with Crippen LogP contribution in [0.25, 0.3) is 0 Å². The molecule has 3 N–H and O–H groups in total. The fourth-order valence-corrected chi connectivity index (χ4v) is 0.348. The average molecular weight is 232 g/mol. The topological polar surface area (TPSA) is 121 Å². The molecular formula is C9H12O7. The van der Waals surface area contributed by atoms with Crippen LogP contribution in [0.15, 0.2) is 24.8 Å². The van der Waals surface area contributed by atoms with Crippen LogP contribution in [0, 0.1) is 0 Å². The molecule has 0 amide bonds. The minimum atomic E-state index is -1.26. The number of aliphatic carboxylic acids is 2. The molecule has 0 aromatic carbocycles. The molecule has 7 heteroatoms. The van der Waals surface area contributed by atoms with E-state index in [1.54, 1.807) is 0 Å². The Hall–Kier alpha value is -2.15. The van der Waals surface area contributed by atoms with Crippen molar-refractivity contribution in [2.24, 2.45) is 0 Å². The number of carboxylic acids is 2. The molecular weight excluding hydrogens is 220 g/mol. The second-order valence-corrected chi connectivity index (χ2v) is 2.11. The summed E-state index contributed by atoms with van der Waals surface area (Å²) >= 11 is 0. The number of carbonyl (C=O) groups is 3. The van der Waals surface area contributed by atoms with Gasteiger partial charge in [0.1, 0.15) is 6.61 Å². The van der Waals surface area contributed by atoms with Crippen molar-refractivity contribution in [1.29, 1.82) is 0 Å². The molecule has 0 spiro atoms. The van der Waals surface area contributed by atoms with Crippen molar-refractivity contribution in [3.8, 4) is 0 Å². The first kappa shape index (κ1) is 16.3. The molecule has 0 aromatic heterocycles. The standard InChI is InChI=1S/C5H8O3.C4H4O4/c1-2-5(7)8-4-3-6;5-3(6)1-2-4(7)8/h2,6H,1,3-4H2;1-2H,(H,5,6)(H,7,8). The molecule has 0 fully saturated rings. The molecule has 0 unspecified atom stereocenters. The van der Waals surface area contributed by atoms with Gasteiger partial charge < -0.3 is 20.1 Å². The molecule has 0 rings (SSSR count). The molecule has 0 aliphatic carbocycles. The molecule has 0 aliphatic heterocycles. The predicted molar refractivity (Wildman–Crippen MR) is 52.7 cm³/mol. The van der Waals surface area contributed by atoms with Gasteiger partial charge in [-0.15, -0.1) is 0 Å². The summed E-state index contributed by atoms with van der Waals surface area (Å²) in [7, 11) is 0. The smallest absolute Gasteiger partial charge is 0.330 e. The van der Waals surface area contributed by atoms with Gasteiger partial charge in [0.2, 0.25) is 0 Å². The van der Waals surface area contributed by atoms with E-state index in [1.807, 2.05) is 0 Å². The lowest BCUT2D eigenvalue weighted by atomic mass is 10.5. The van der Waals surface area contributed by atoms with Crippen LogP contribution in [0.3, 0.4) is 0 Å². The van der Waals surface area contributed by atoms with Crippen LogP contribution in [-0.2, 0) is 19.1 Å². The number of hydrogen-bond donors (Lipinski definition) is 3. The van der Waals surface area contributed by atoms with E-state index in [9.17, 15) is 14.4 Å². The molecule has 90 valence electrons. The maximum atomic E-state index is 10.1. The van der Waals surface area contributed by atoms with Gasteiger partial charge in [-0.25, -0.2) is 14.4 Å². The van der Waals surface area contributed by atoms with Crippen LogP contribution < -0.4 is 0 Å². The Morgan fingerprint density at radius 3 is 1.81 bits per heavy atom. The maximum Gasteiger partial charge on any atom is 0.330 e. The lowest BCUT2D eigenvalue weighted by molar-refractivity contribution is -0.138. The van der Waals surface area contributed by atoms with Gasteiger partial charge in [-0.05, 0) is 0 Å². The van der Waals surface area contributed by atoms with Gasteiger partial charge in [-0.2, -0.15) is 0 Å². The summed E-state index contributed by atoms with van der Waals surface area (Å²) in [6.45, 7) is 3.06. The monoisotopic (exact) mass is 232 g/mol. The fourth-order valence-electron chi connectivity index (χ4n) is 0.348. The zero-order chi connectivity index (χ0) is 13.0. The highest BCUT2D eigenvalue weighted by molar-refractivity contribution is 5.89. The van der Waals surface area contributed by atoms with E-state index in [0.717, 1.165) is 6.08 Å². The quantitative estimate of drug-likeness (QED) is 0.428. The van der Waals surface area contributed by atoms with Gasteiger partial charge in [0.25, 0.3) is 0 Å². The molecule has 0 aliphatic rings. The fraction of sp³-hybridized carbons (Fsp3) is 0.222. The van der Waals surface area contributed by atoms with Crippen molar-refractivity contribution in [3.05, 3.63) is 24.8 Å². The molecule has 0 radical (unpaired) electrons. The minimum Gasteiger partial charge on any atom is -0.478 e. The number of esters is 1. The molecule has 7 nitrogen and oxygen atoms in total. The Labute approximate surface area is 91.3 Å². The van der Waals surface area contributed by atoms with E-state index in [1.165, 1.54) is 0 Å². The molecule has 16 heavy (non-hydrogen) atoms. The van der Waals surface area contributed by atoms with E-state index < -0.39 is 17.9 Å². The highest BCUT2D eigenvalue weighted by atomic mass is 16.5. The van der Waals surface area contributed by atoms with Crippen LogP contribution in [0.1, 0.15) is 0 Å². The van der Waals surface area contributed by atoms with Gasteiger partial charge in [-0.1, -0.05) is 6.58 Å². The number of carbonyl (C=O) groups excluding carboxylic acids is 1. The Morgan fingerprint density at radius 1 is 1.12 bits per heavy atom. The van der Waals surface area contributed by atoms with E-state index in [4.69, 9.17) is 15.3 Å². The van der Waals surface area contributed by atoms with E-state index >= 15 is 0 Å². The molecule has 0 bridgehead atoms. The zero-order valence-corrected chi connectivity index (χ0v) is 8.33. The Balaban J connectivity index is 0. The zero-order valence-electron chi connectivity index (χ0n) is 8.33. The van der Waals surface area contributed by atoms with Crippen LogP contribution >= 0.6 is 0 Å². The number of hydrogen-bond acceptors (Lipinski definition) is 5. The number of aliphatic hydroxyl groups is 1. The lowest BCUT2D eigenvalue weighted by Gasteiger charge is -1.94. The number of rotatable bonds is 5. The molecule has 0 saturated carbocycles. The second kappa shape index (κ2) is 10.9. The summed E-state index contributed by atoms with van der Waals surface area (Å²) in [5.41, 5.74) is 0. The lowest BCUT2D eigenvalue weighted by Crippen LogP contribution is -2.04. The third-order valence-corrected chi connectivity index (χ3v) is 0.871. The first-order chi connectivity index (χ1) is 7.43. The molecule has 0 aromatic rings. The molecule has 0 heterocycles. The van der Waals surface area contributed by atoms with Gasteiger partial charge in [-0.3, -0.25) is 0 Å². The third-order valence-electron chi connectivity index (χ3n) is 0.871. The van der Waals surface area contributed by atoms with Gasteiger partial charge in [0.05, 0.1) is 6.61 Å². The normalized spacial score (nSPS) is 8.81. The number of carboxylic acid groups (broad SMARTS) is 2. The van der Waals surface area contributed by atoms with E-state index in [-0.39, 0.29) is 13.2 Å². The van der Waals surface area contributed by atoms with Gasteiger partial charge in [0, 0.05) is 18.2 Å². The first-order valence-corrected chi connectivity index (χ1v) is 3.98. The van der Waals surface area contributed by atoms with Crippen molar-refractivity contribution in [2.75, 3.05) is 13.2 Å². The maximum absolute atomic E-state index is 10.1. The summed E-state index contributed by atoms with van der Waals surface area (Å²) in [6.07, 6.45) is 2.17. The molecule has 0 atom stereocenters. The van der Waals surface area contributed by atoms with Crippen LogP contribution in [0.2, 0.25) is 0 Å². The SMILES string of the molecule is C=CC(=O)OCCO.O=C(O)C=CC(=O)O.